The fourth-order valence-corrected chi connectivity index (χ4v) is 20.9. The van der Waals surface area contributed by atoms with Crippen molar-refractivity contribution in [3.63, 3.8) is 0 Å². The predicted octanol–water partition coefficient (Wildman–Crippen LogP) is 40.8. The lowest BCUT2D eigenvalue weighted by Gasteiger charge is -2.57. The molecule has 0 saturated heterocycles. The van der Waals surface area contributed by atoms with Crippen molar-refractivity contribution in [1.82, 2.24) is 0 Å². The summed E-state index contributed by atoms with van der Waals surface area (Å²) in [6, 6.07) is 0. The number of halogens is 24. The SMILES string of the molecule is CC(C)C(C(C)C)C(C)(C(C)C)C(F)(F)F.CC(C)C(C)(C(C)C)C(F)(F)F.CCC(C)(CC)C(C)(C(C)C)C(F)(F)F.CCC(C)(CC)C(C)(C(F)(F)F)C(C)(CC)CC.CCC(CC)C(C)(C(C)C)C(F)(F)F.CCC(CC)C(C)(C(CC)CC)C(F)(F)F.CCCC(C)(C(C(C)C)C(C)C)C(F)(F)F.CCCC(C)(C(F)(F)F)C(C)(CC)CC. The third kappa shape index (κ3) is 31.8. The van der Waals surface area contributed by atoms with Crippen LogP contribution < -0.4 is 0 Å². The molecule has 0 aromatic rings. The molecule has 0 bridgehead atoms. The molecule has 0 rings (SSSR count). The van der Waals surface area contributed by atoms with Gasteiger partial charge in [0.2, 0.25) is 0 Å². The molecule has 122 heavy (non-hydrogen) atoms. The van der Waals surface area contributed by atoms with Crippen molar-refractivity contribution >= 4 is 0 Å². The fourth-order valence-electron chi connectivity index (χ4n) is 20.9. The highest BCUT2D eigenvalue weighted by Gasteiger charge is 2.68. The van der Waals surface area contributed by atoms with Crippen LogP contribution in [0.15, 0.2) is 0 Å². The minimum Gasteiger partial charge on any atom is -0.171 e. The summed E-state index contributed by atoms with van der Waals surface area (Å²) in [4.78, 5) is 0. The van der Waals surface area contributed by atoms with E-state index in [0.29, 0.717) is 103 Å². The van der Waals surface area contributed by atoms with Gasteiger partial charge in [-0.3, -0.25) is 0 Å². The zero-order chi connectivity index (χ0) is 101. The zero-order valence-corrected chi connectivity index (χ0v) is 85.9. The van der Waals surface area contributed by atoms with Gasteiger partial charge in [-0.1, -0.05) is 363 Å². The Morgan fingerprint density at radius 3 is 0.525 bits per heavy atom. The molecule has 5 unspecified atom stereocenters. The van der Waals surface area contributed by atoms with Gasteiger partial charge in [-0.05, 0) is 176 Å². The second-order valence-electron chi connectivity index (χ2n) is 41.1. The minimum absolute atomic E-state index is 0.0361. The van der Waals surface area contributed by atoms with Gasteiger partial charge in [-0.25, -0.2) is 0 Å². The minimum atomic E-state index is -4.17. The van der Waals surface area contributed by atoms with Crippen LogP contribution in [0.4, 0.5) is 105 Å². The van der Waals surface area contributed by atoms with Crippen LogP contribution in [-0.2, 0) is 0 Å². The Balaban J connectivity index is -0.000000203. The first-order valence-electron chi connectivity index (χ1n) is 46.4. The van der Waals surface area contributed by atoms with Crippen LogP contribution in [0.3, 0.4) is 0 Å². The first-order chi connectivity index (χ1) is 53.9. The highest BCUT2D eigenvalue weighted by atomic mass is 19.4. The molecule has 0 nitrogen and oxygen atoms in total. The van der Waals surface area contributed by atoms with Gasteiger partial charge in [0.15, 0.2) is 0 Å². The quantitative estimate of drug-likeness (QED) is 0.0549. The van der Waals surface area contributed by atoms with Crippen LogP contribution in [0, 0.1) is 148 Å². The van der Waals surface area contributed by atoms with Crippen molar-refractivity contribution in [2.24, 2.45) is 148 Å². The van der Waals surface area contributed by atoms with E-state index >= 15 is 0 Å². The van der Waals surface area contributed by atoms with Gasteiger partial charge in [0.1, 0.15) is 0 Å². The van der Waals surface area contributed by atoms with Crippen LogP contribution in [-0.4, -0.2) is 49.4 Å². The van der Waals surface area contributed by atoms with E-state index in [-0.39, 0.29) is 83.9 Å². The Morgan fingerprint density at radius 1 is 0.197 bits per heavy atom. The lowest BCUT2D eigenvalue weighted by Crippen LogP contribution is -2.57. The lowest BCUT2D eigenvalue weighted by atomic mass is 9.49. The van der Waals surface area contributed by atoms with E-state index in [0.717, 1.165) is 0 Å². The molecule has 0 heterocycles. The third-order valence-electron chi connectivity index (χ3n) is 33.4. The second kappa shape index (κ2) is 52.5. The Hall–Kier alpha value is -1.68. The van der Waals surface area contributed by atoms with Crippen molar-refractivity contribution in [2.45, 2.75) is 483 Å². The Bertz CT molecular complexity index is 2580. The van der Waals surface area contributed by atoms with Gasteiger partial charge in [0, 0.05) is 0 Å². The number of rotatable bonds is 36. The monoisotopic (exact) mass is 1820 g/mol. The fraction of sp³-hybridized carbons (Fsp3) is 1.00. The van der Waals surface area contributed by atoms with Crippen molar-refractivity contribution in [3.8, 4) is 0 Å². The summed E-state index contributed by atoms with van der Waals surface area (Å²) < 4.78 is 317. The van der Waals surface area contributed by atoms with Crippen LogP contribution in [0.5, 0.6) is 0 Å². The molecule has 0 N–H and O–H groups in total. The normalized spacial score (nSPS) is 16.4. The predicted molar refractivity (Wildman–Crippen MR) is 471 cm³/mol. The second-order valence-corrected chi connectivity index (χ2v) is 41.1. The van der Waals surface area contributed by atoms with Gasteiger partial charge < -0.3 is 0 Å². The van der Waals surface area contributed by atoms with Gasteiger partial charge in [-0.2, -0.15) is 105 Å². The van der Waals surface area contributed by atoms with Crippen molar-refractivity contribution in [2.75, 3.05) is 0 Å². The van der Waals surface area contributed by atoms with Crippen LogP contribution in [0.1, 0.15) is 434 Å². The largest absolute Gasteiger partial charge is 0.395 e. The van der Waals surface area contributed by atoms with Crippen LogP contribution in [0.2, 0.25) is 0 Å². The van der Waals surface area contributed by atoms with E-state index in [2.05, 4.69) is 0 Å². The zero-order valence-electron chi connectivity index (χ0n) is 85.9. The Kier molecular flexibility index (Phi) is 58.5. The molecule has 0 aromatic carbocycles. The van der Waals surface area contributed by atoms with E-state index < -0.39 is 126 Å². The van der Waals surface area contributed by atoms with Gasteiger partial charge >= 0.3 is 49.4 Å². The maximum atomic E-state index is 13.8. The first-order valence-corrected chi connectivity index (χ1v) is 46.4. The molecular formula is C98H188F24. The molecule has 5 atom stereocenters. The molecule has 24 heteroatoms. The van der Waals surface area contributed by atoms with E-state index in [1.165, 1.54) is 55.4 Å². The number of alkyl halides is 24. The molecule has 0 aliphatic heterocycles. The first kappa shape index (κ1) is 136. The summed E-state index contributed by atoms with van der Waals surface area (Å²) >= 11 is 0. The summed E-state index contributed by atoms with van der Waals surface area (Å²) in [6.45, 7) is 79.3. The Labute approximate surface area is 733 Å². The summed E-state index contributed by atoms with van der Waals surface area (Å²) in [5.74, 6) is -3.20. The van der Waals surface area contributed by atoms with E-state index in [1.54, 1.807) is 96.9 Å². The maximum absolute atomic E-state index is 13.8. The maximum Gasteiger partial charge on any atom is 0.395 e. The highest BCUT2D eigenvalue weighted by Crippen LogP contribution is 2.67. The molecule has 0 spiro atoms. The van der Waals surface area contributed by atoms with E-state index in [4.69, 9.17) is 0 Å². The van der Waals surface area contributed by atoms with Crippen molar-refractivity contribution < 1.29 is 105 Å². The number of hydrogen-bond acceptors (Lipinski definition) is 0. The highest BCUT2D eigenvalue weighted by molar-refractivity contribution is 5.06. The van der Waals surface area contributed by atoms with Crippen molar-refractivity contribution in [3.05, 3.63) is 0 Å². The van der Waals surface area contributed by atoms with Gasteiger partial charge in [0.25, 0.3) is 0 Å². The molecule has 748 valence electrons. The molecule has 0 aromatic heterocycles. The van der Waals surface area contributed by atoms with Gasteiger partial charge in [0.05, 0.1) is 43.3 Å². The van der Waals surface area contributed by atoms with Crippen LogP contribution in [0.25, 0.3) is 0 Å². The molecule has 0 amide bonds. The smallest absolute Gasteiger partial charge is 0.171 e. The van der Waals surface area contributed by atoms with E-state index in [9.17, 15) is 105 Å². The molecule has 0 fully saturated rings. The summed E-state index contributed by atoms with van der Waals surface area (Å²) in [7, 11) is 0. The molecule has 0 aliphatic carbocycles. The molecule has 0 aliphatic rings. The summed E-state index contributed by atoms with van der Waals surface area (Å²) in [5, 5.41) is 0. The van der Waals surface area contributed by atoms with Crippen LogP contribution >= 0.6 is 0 Å². The standard InChI is InChI=1S/C15H29F3.3C13H25F3.2C12H23F3.C11H21F3.C9H17F3/c1-8-12(5,9-2)14(7,15(16,17)18)13(6,10-3)11-4;1-8(2)11(9(3)4)12(7,10(5)6)13(14,15)16;1-7-8-12(6,13(14,15)16)11(9(2)3)10(4)5;1-6-10(7-2)12(5,13(14,15)16)11(8-3)9-4;1-7-10(5,8-2)11(6,9(3)4)12(13,14)15;1-6-9-11(5,12(13,14)15)10(4,7-2)8-3;1-6-9(7-2)10(5,8(3)4)11(12,13)14;1-6(2)8(5,7(3)4)9(10,11)12/h8-11H2,1-7H3;8-11H,1-7H3;9-11H,7-8H2,1-6H3;10-11H,6-9H2,1-5H3;9H,7-8H2,1-6H3;6-9H2,1-5H3;8-9H,6-7H2,1-5H3;6-7H,1-5H3. The molecule has 0 saturated carbocycles. The Morgan fingerprint density at radius 2 is 0.418 bits per heavy atom. The molecule has 0 radical (unpaired) electrons. The lowest BCUT2D eigenvalue weighted by molar-refractivity contribution is -0.301. The topological polar surface area (TPSA) is 0 Å². The number of hydrogen-bond donors (Lipinski definition) is 0. The average molecular weight is 1820 g/mol. The third-order valence-corrected chi connectivity index (χ3v) is 33.4. The summed E-state index contributed by atoms with van der Waals surface area (Å²) in [5.41, 5.74) is -15.4. The van der Waals surface area contributed by atoms with Gasteiger partial charge in [-0.15, -0.1) is 0 Å². The molecular weight excluding hydrogens is 1630 g/mol. The van der Waals surface area contributed by atoms with E-state index in [1.807, 2.05) is 166 Å². The average Bonchev–Trinajstić information content (AvgIpc) is 0.717. The van der Waals surface area contributed by atoms with Crippen molar-refractivity contribution in [1.29, 1.82) is 0 Å². The summed E-state index contributed by atoms with van der Waals surface area (Å²) in [6.07, 6.45) is -23.4.